The Morgan fingerprint density at radius 2 is 2.18 bits per heavy atom. The van der Waals surface area contributed by atoms with E-state index in [0.29, 0.717) is 6.04 Å². The third-order valence-corrected chi connectivity index (χ3v) is 2.49. The van der Waals surface area contributed by atoms with Crippen LogP contribution in [0.3, 0.4) is 0 Å². The van der Waals surface area contributed by atoms with Crippen molar-refractivity contribution in [3.05, 3.63) is 11.6 Å². The Hall–Kier alpha value is -0.300. The zero-order valence-electron chi connectivity index (χ0n) is 7.93. The van der Waals surface area contributed by atoms with Gasteiger partial charge in [0.1, 0.15) is 0 Å². The second kappa shape index (κ2) is 3.91. The van der Waals surface area contributed by atoms with Gasteiger partial charge < -0.3 is 0 Å². The first-order valence-corrected chi connectivity index (χ1v) is 4.62. The van der Waals surface area contributed by atoms with Gasteiger partial charge in [0.05, 0.1) is 0 Å². The first-order chi connectivity index (χ1) is 5.24. The van der Waals surface area contributed by atoms with E-state index < -0.39 is 0 Å². The van der Waals surface area contributed by atoms with Crippen molar-refractivity contribution in [3.63, 3.8) is 0 Å². The Kier molecular flexibility index (Phi) is 3.13. The lowest BCUT2D eigenvalue weighted by Crippen LogP contribution is -2.36. The number of rotatable bonds is 1. The molecule has 0 saturated carbocycles. The van der Waals surface area contributed by atoms with Crippen molar-refractivity contribution in [2.45, 2.75) is 39.7 Å². The molecule has 0 amide bonds. The molecule has 0 spiro atoms. The summed E-state index contributed by atoms with van der Waals surface area (Å²) in [6.45, 7) is 9.19. The van der Waals surface area contributed by atoms with Crippen LogP contribution in [0, 0.1) is 0 Å². The first-order valence-electron chi connectivity index (χ1n) is 4.62. The van der Waals surface area contributed by atoms with Gasteiger partial charge in [-0.3, -0.25) is 4.90 Å². The van der Waals surface area contributed by atoms with Crippen molar-refractivity contribution in [1.82, 2.24) is 4.90 Å². The van der Waals surface area contributed by atoms with Gasteiger partial charge >= 0.3 is 0 Å². The van der Waals surface area contributed by atoms with Gasteiger partial charge in [-0.15, -0.1) is 0 Å². The summed E-state index contributed by atoms with van der Waals surface area (Å²) >= 11 is 0. The lowest BCUT2D eigenvalue weighted by atomic mass is 10.0. The quantitative estimate of drug-likeness (QED) is 0.523. The summed E-state index contributed by atoms with van der Waals surface area (Å²) in [7, 11) is 0. The van der Waals surface area contributed by atoms with Crippen molar-refractivity contribution in [2.75, 3.05) is 13.1 Å². The zero-order valence-corrected chi connectivity index (χ0v) is 7.93. The van der Waals surface area contributed by atoms with E-state index in [1.807, 2.05) is 0 Å². The monoisotopic (exact) mass is 153 g/mol. The molecule has 0 N–H and O–H groups in total. The minimum atomic E-state index is 0.713. The van der Waals surface area contributed by atoms with Gasteiger partial charge in [0.2, 0.25) is 0 Å². The number of hydrogen-bond acceptors (Lipinski definition) is 1. The molecule has 1 fully saturated rings. The number of likely N-dealkylation sites (tertiary alicyclic amines) is 1. The summed E-state index contributed by atoms with van der Waals surface area (Å²) in [6, 6.07) is 0.713. The highest BCUT2D eigenvalue weighted by Gasteiger charge is 2.15. The van der Waals surface area contributed by atoms with Crippen LogP contribution < -0.4 is 0 Å². The van der Waals surface area contributed by atoms with Crippen LogP contribution in [-0.4, -0.2) is 24.0 Å². The molecule has 1 heteroatoms. The van der Waals surface area contributed by atoms with Gasteiger partial charge in [-0.2, -0.15) is 0 Å². The van der Waals surface area contributed by atoms with Crippen molar-refractivity contribution in [2.24, 2.45) is 0 Å². The molecular weight excluding hydrogens is 134 g/mol. The molecule has 11 heavy (non-hydrogen) atoms. The molecule has 1 saturated heterocycles. The molecule has 1 aliphatic heterocycles. The molecule has 0 aromatic carbocycles. The van der Waals surface area contributed by atoms with Gasteiger partial charge in [0, 0.05) is 12.6 Å². The molecule has 0 bridgehead atoms. The number of nitrogens with zero attached hydrogens (tertiary/aromatic N) is 1. The summed E-state index contributed by atoms with van der Waals surface area (Å²) in [5.74, 6) is 0. The van der Waals surface area contributed by atoms with Crippen LogP contribution in [0.15, 0.2) is 11.6 Å². The van der Waals surface area contributed by atoms with E-state index in [4.69, 9.17) is 0 Å². The van der Waals surface area contributed by atoms with E-state index in [9.17, 15) is 0 Å². The van der Waals surface area contributed by atoms with E-state index in [1.165, 1.54) is 25.9 Å². The molecule has 1 aliphatic rings. The maximum atomic E-state index is 2.54. The molecule has 1 nitrogen and oxygen atoms in total. The highest BCUT2D eigenvalue weighted by Crippen LogP contribution is 2.16. The van der Waals surface area contributed by atoms with Crippen LogP contribution in [0.2, 0.25) is 0 Å². The standard InChI is InChI=1S/C10H19N/c1-4-10-6-5-7-11(8-10)9(2)3/h4,9H,5-8H2,1-3H3/b10-4-. The lowest BCUT2D eigenvalue weighted by molar-refractivity contribution is 0.216. The summed E-state index contributed by atoms with van der Waals surface area (Å²) in [5.41, 5.74) is 1.62. The smallest absolute Gasteiger partial charge is 0.0195 e. The van der Waals surface area contributed by atoms with Crippen molar-refractivity contribution >= 4 is 0 Å². The predicted molar refractivity (Wildman–Crippen MR) is 49.7 cm³/mol. The normalized spacial score (nSPS) is 24.9. The van der Waals surface area contributed by atoms with Crippen LogP contribution in [-0.2, 0) is 0 Å². The Labute approximate surface area is 70.1 Å². The molecule has 64 valence electrons. The van der Waals surface area contributed by atoms with Gasteiger partial charge in [0.15, 0.2) is 0 Å². The van der Waals surface area contributed by atoms with Gasteiger partial charge in [-0.25, -0.2) is 0 Å². The fourth-order valence-corrected chi connectivity index (χ4v) is 1.60. The van der Waals surface area contributed by atoms with E-state index in [1.54, 1.807) is 5.57 Å². The fourth-order valence-electron chi connectivity index (χ4n) is 1.60. The Bertz CT molecular complexity index is 147. The Balaban J connectivity index is 2.46. The third kappa shape index (κ3) is 2.33. The van der Waals surface area contributed by atoms with E-state index in [-0.39, 0.29) is 0 Å². The van der Waals surface area contributed by atoms with E-state index >= 15 is 0 Å². The average Bonchev–Trinajstić information content (AvgIpc) is 2.05. The molecule has 0 aliphatic carbocycles. The lowest BCUT2D eigenvalue weighted by Gasteiger charge is -2.31. The summed E-state index contributed by atoms with van der Waals surface area (Å²) in [6.07, 6.45) is 4.94. The zero-order chi connectivity index (χ0) is 8.27. The molecular formula is C10H19N. The highest BCUT2D eigenvalue weighted by atomic mass is 15.1. The molecule has 1 heterocycles. The predicted octanol–water partition coefficient (Wildman–Crippen LogP) is 2.44. The Morgan fingerprint density at radius 3 is 2.73 bits per heavy atom. The maximum Gasteiger partial charge on any atom is 0.0195 e. The van der Waals surface area contributed by atoms with Crippen LogP contribution in [0.25, 0.3) is 0 Å². The van der Waals surface area contributed by atoms with Gasteiger partial charge in [-0.05, 0) is 40.2 Å². The van der Waals surface area contributed by atoms with E-state index in [0.717, 1.165) is 0 Å². The van der Waals surface area contributed by atoms with Crippen molar-refractivity contribution < 1.29 is 0 Å². The number of allylic oxidation sites excluding steroid dienone is 1. The first kappa shape index (κ1) is 8.79. The van der Waals surface area contributed by atoms with Crippen LogP contribution in [0.1, 0.15) is 33.6 Å². The highest BCUT2D eigenvalue weighted by molar-refractivity contribution is 5.05. The van der Waals surface area contributed by atoms with Crippen LogP contribution in [0.5, 0.6) is 0 Å². The SMILES string of the molecule is C/C=C1/CCCN(C(C)C)C1. The number of hydrogen-bond donors (Lipinski definition) is 0. The maximum absolute atomic E-state index is 2.54. The molecule has 1 rings (SSSR count). The van der Waals surface area contributed by atoms with Gasteiger partial charge in [0.25, 0.3) is 0 Å². The summed E-state index contributed by atoms with van der Waals surface area (Å²) < 4.78 is 0. The molecule has 0 radical (unpaired) electrons. The third-order valence-electron chi connectivity index (χ3n) is 2.49. The second-order valence-corrected chi connectivity index (χ2v) is 3.61. The van der Waals surface area contributed by atoms with E-state index in [2.05, 4.69) is 31.7 Å². The minimum Gasteiger partial charge on any atom is -0.297 e. The molecule has 0 unspecified atom stereocenters. The minimum absolute atomic E-state index is 0.713. The second-order valence-electron chi connectivity index (χ2n) is 3.61. The van der Waals surface area contributed by atoms with Crippen LogP contribution in [0.4, 0.5) is 0 Å². The summed E-state index contributed by atoms with van der Waals surface area (Å²) in [5, 5.41) is 0. The molecule has 0 atom stereocenters. The summed E-state index contributed by atoms with van der Waals surface area (Å²) in [4.78, 5) is 2.54. The largest absolute Gasteiger partial charge is 0.297 e. The number of piperidine rings is 1. The van der Waals surface area contributed by atoms with Crippen molar-refractivity contribution in [1.29, 1.82) is 0 Å². The fraction of sp³-hybridized carbons (Fsp3) is 0.800. The van der Waals surface area contributed by atoms with Gasteiger partial charge in [-0.1, -0.05) is 11.6 Å². The van der Waals surface area contributed by atoms with Crippen LogP contribution >= 0.6 is 0 Å². The average molecular weight is 153 g/mol. The Morgan fingerprint density at radius 1 is 1.45 bits per heavy atom. The topological polar surface area (TPSA) is 3.24 Å². The molecule has 0 aromatic rings. The molecule has 0 aromatic heterocycles. The van der Waals surface area contributed by atoms with Crippen molar-refractivity contribution in [3.8, 4) is 0 Å².